The summed E-state index contributed by atoms with van der Waals surface area (Å²) in [6.45, 7) is 4.29. The highest BCUT2D eigenvalue weighted by Gasteiger charge is 2.36. The van der Waals surface area contributed by atoms with Crippen molar-refractivity contribution in [3.05, 3.63) is 57.7 Å². The molecule has 1 aliphatic rings. The molecular weight excluding hydrogens is 480 g/mol. The van der Waals surface area contributed by atoms with Gasteiger partial charge in [-0.05, 0) is 60.8 Å². The number of halogens is 3. The number of nitrogens with zero attached hydrogens (tertiary/aromatic N) is 2. The highest BCUT2D eigenvalue weighted by Crippen LogP contribution is 2.43. The number of hydrogen-bond donors (Lipinski definition) is 1. The monoisotopic (exact) mass is 505 g/mol. The van der Waals surface area contributed by atoms with Gasteiger partial charge < -0.3 is 14.5 Å². The number of pyridine rings is 1. The van der Waals surface area contributed by atoms with Gasteiger partial charge in [0.25, 0.3) is 0 Å². The number of benzene rings is 1. The van der Waals surface area contributed by atoms with Crippen molar-refractivity contribution in [1.82, 2.24) is 15.0 Å². The first kappa shape index (κ1) is 22.7. The van der Waals surface area contributed by atoms with Gasteiger partial charge in [-0.15, -0.1) is 0 Å². The second-order valence-corrected chi connectivity index (χ2v) is 9.07. The number of hydrogen-bond acceptors (Lipinski definition) is 4. The van der Waals surface area contributed by atoms with Crippen molar-refractivity contribution in [2.75, 3.05) is 7.11 Å². The van der Waals surface area contributed by atoms with Crippen molar-refractivity contribution in [2.24, 2.45) is 0 Å². The van der Waals surface area contributed by atoms with Crippen molar-refractivity contribution in [2.45, 2.75) is 58.0 Å². The summed E-state index contributed by atoms with van der Waals surface area (Å²) in [6, 6.07) is 7.76. The molecule has 0 amide bonds. The molecular formula is C24H26BrF2N3O2. The first-order valence-corrected chi connectivity index (χ1v) is 11.4. The Labute approximate surface area is 194 Å². The van der Waals surface area contributed by atoms with E-state index in [9.17, 15) is 8.78 Å². The molecule has 1 fully saturated rings. The normalized spacial score (nSPS) is 16.2. The Morgan fingerprint density at radius 1 is 1.16 bits per heavy atom. The molecule has 0 radical (unpaired) electrons. The largest absolute Gasteiger partial charge is 0.496 e. The molecule has 2 aromatic heterocycles. The fourth-order valence-corrected chi connectivity index (χ4v) is 4.58. The van der Waals surface area contributed by atoms with Gasteiger partial charge in [-0.1, -0.05) is 6.07 Å². The lowest BCUT2D eigenvalue weighted by molar-refractivity contribution is -0.0387. The van der Waals surface area contributed by atoms with E-state index in [1.165, 1.54) is 0 Å². The van der Waals surface area contributed by atoms with Gasteiger partial charge in [-0.25, -0.2) is 13.8 Å². The Morgan fingerprint density at radius 3 is 2.56 bits per heavy atom. The first-order chi connectivity index (χ1) is 15.3. The minimum atomic E-state index is -2.56. The molecule has 1 aliphatic carbocycles. The highest BCUT2D eigenvalue weighted by atomic mass is 79.9. The third-order valence-electron chi connectivity index (χ3n) is 5.96. The van der Waals surface area contributed by atoms with Gasteiger partial charge in [-0.2, -0.15) is 0 Å². The Bertz CT molecular complexity index is 1090. The molecule has 0 spiro atoms. The minimum absolute atomic E-state index is 0.00232. The number of ether oxygens (including phenoxy) is 2. The minimum Gasteiger partial charge on any atom is -0.496 e. The van der Waals surface area contributed by atoms with Gasteiger partial charge in [-0.3, -0.25) is 4.98 Å². The second kappa shape index (κ2) is 9.17. The molecule has 0 unspecified atom stereocenters. The van der Waals surface area contributed by atoms with Gasteiger partial charge in [0.05, 0.1) is 7.11 Å². The van der Waals surface area contributed by atoms with Crippen LogP contribution in [0, 0.1) is 13.8 Å². The second-order valence-electron chi connectivity index (χ2n) is 8.28. The van der Waals surface area contributed by atoms with Crippen molar-refractivity contribution in [3.8, 4) is 22.8 Å². The van der Waals surface area contributed by atoms with Crippen molar-refractivity contribution < 1.29 is 18.3 Å². The van der Waals surface area contributed by atoms with Gasteiger partial charge >= 0.3 is 0 Å². The van der Waals surface area contributed by atoms with Crippen LogP contribution >= 0.6 is 15.9 Å². The van der Waals surface area contributed by atoms with Gasteiger partial charge in [0.15, 0.2) is 0 Å². The number of alkyl halides is 2. The molecule has 2 heterocycles. The van der Waals surface area contributed by atoms with E-state index in [2.05, 4.69) is 25.9 Å². The van der Waals surface area contributed by atoms with E-state index < -0.39 is 5.92 Å². The Kier molecular flexibility index (Phi) is 6.51. The predicted molar refractivity (Wildman–Crippen MR) is 122 cm³/mol. The Morgan fingerprint density at radius 2 is 1.91 bits per heavy atom. The van der Waals surface area contributed by atoms with Crippen LogP contribution < -0.4 is 9.47 Å². The van der Waals surface area contributed by atoms with Crippen molar-refractivity contribution >= 4 is 15.9 Å². The van der Waals surface area contributed by atoms with Crippen LogP contribution in [0.1, 0.15) is 54.2 Å². The summed E-state index contributed by atoms with van der Waals surface area (Å²) in [7, 11) is 1.62. The number of methoxy groups -OCH3 is 1. The third-order valence-corrected chi connectivity index (χ3v) is 6.54. The number of rotatable bonds is 6. The van der Waals surface area contributed by atoms with Gasteiger partial charge in [0, 0.05) is 47.3 Å². The van der Waals surface area contributed by atoms with Crippen LogP contribution in [0.4, 0.5) is 8.78 Å². The van der Waals surface area contributed by atoms with E-state index in [-0.39, 0.29) is 18.8 Å². The molecule has 1 saturated carbocycles. The van der Waals surface area contributed by atoms with Crippen LogP contribution in [0.5, 0.6) is 11.5 Å². The van der Waals surface area contributed by atoms with Crippen LogP contribution in [0.15, 0.2) is 35.1 Å². The summed E-state index contributed by atoms with van der Waals surface area (Å²) < 4.78 is 39.5. The van der Waals surface area contributed by atoms with Gasteiger partial charge in [0.1, 0.15) is 34.2 Å². The molecule has 1 aromatic carbocycles. The van der Waals surface area contributed by atoms with E-state index in [1.807, 2.05) is 38.1 Å². The summed E-state index contributed by atoms with van der Waals surface area (Å²) in [5.41, 5.74) is 4.31. The third kappa shape index (κ3) is 4.80. The highest BCUT2D eigenvalue weighted by molar-refractivity contribution is 9.10. The van der Waals surface area contributed by atoms with E-state index >= 15 is 0 Å². The number of aromatic amines is 1. The quantitative estimate of drug-likeness (QED) is 0.403. The summed E-state index contributed by atoms with van der Waals surface area (Å²) in [5.74, 6) is -0.452. The fraction of sp³-hybridized carbons (Fsp3) is 0.417. The topological polar surface area (TPSA) is 60.0 Å². The molecule has 3 aromatic rings. The molecule has 0 bridgehead atoms. The predicted octanol–water partition coefficient (Wildman–Crippen LogP) is 6.73. The van der Waals surface area contributed by atoms with Crippen LogP contribution in [-0.4, -0.2) is 28.0 Å². The SMILES string of the molecule is COc1c(-c2nc(C3CCC(F)(F)CC3)[nH]c2Br)ccc(OCc2ccc(C)nc2)c1C. The summed E-state index contributed by atoms with van der Waals surface area (Å²) in [4.78, 5) is 12.3. The molecule has 32 heavy (non-hydrogen) atoms. The lowest BCUT2D eigenvalue weighted by Gasteiger charge is -2.26. The number of H-pyrrole nitrogens is 1. The lowest BCUT2D eigenvalue weighted by atomic mass is 9.86. The van der Waals surface area contributed by atoms with E-state index in [1.54, 1.807) is 13.3 Å². The maximum Gasteiger partial charge on any atom is 0.248 e. The molecule has 5 nitrogen and oxygen atoms in total. The zero-order chi connectivity index (χ0) is 22.9. The van der Waals surface area contributed by atoms with E-state index in [0.29, 0.717) is 41.2 Å². The maximum absolute atomic E-state index is 13.5. The van der Waals surface area contributed by atoms with Crippen LogP contribution in [-0.2, 0) is 6.61 Å². The number of imidazole rings is 1. The fourth-order valence-electron chi connectivity index (χ4n) is 4.08. The van der Waals surface area contributed by atoms with Crippen LogP contribution in [0.25, 0.3) is 11.3 Å². The number of aromatic nitrogens is 3. The number of nitrogens with one attached hydrogen (secondary N) is 1. The molecule has 0 atom stereocenters. The van der Waals surface area contributed by atoms with Crippen LogP contribution in [0.3, 0.4) is 0 Å². The molecule has 1 N–H and O–H groups in total. The smallest absolute Gasteiger partial charge is 0.248 e. The summed E-state index contributed by atoms with van der Waals surface area (Å²) in [6.07, 6.45) is 2.44. The Balaban J connectivity index is 1.57. The lowest BCUT2D eigenvalue weighted by Crippen LogP contribution is -2.24. The first-order valence-electron chi connectivity index (χ1n) is 10.6. The van der Waals surface area contributed by atoms with Crippen molar-refractivity contribution in [3.63, 3.8) is 0 Å². The van der Waals surface area contributed by atoms with Crippen LogP contribution in [0.2, 0.25) is 0 Å². The molecule has 8 heteroatoms. The zero-order valence-electron chi connectivity index (χ0n) is 18.3. The average Bonchev–Trinajstić information content (AvgIpc) is 3.15. The maximum atomic E-state index is 13.5. The zero-order valence-corrected chi connectivity index (χ0v) is 19.9. The Hall–Kier alpha value is -2.48. The molecule has 170 valence electrons. The number of aryl methyl sites for hydroxylation is 1. The standard InChI is InChI=1S/C24H26BrF2N3O2/c1-14-4-5-16(12-28-14)13-32-19-7-6-18(21(31-3)15(19)2)20-22(25)30-23(29-20)17-8-10-24(26,27)11-9-17/h4-7,12,17H,8-11,13H2,1-3H3,(H,29,30). The molecule has 4 rings (SSSR count). The average molecular weight is 506 g/mol. The van der Waals surface area contributed by atoms with Crippen molar-refractivity contribution in [1.29, 1.82) is 0 Å². The van der Waals surface area contributed by atoms with Gasteiger partial charge in [0.2, 0.25) is 5.92 Å². The molecule has 0 saturated heterocycles. The summed E-state index contributed by atoms with van der Waals surface area (Å²) in [5, 5.41) is 0. The molecule has 0 aliphatic heterocycles. The summed E-state index contributed by atoms with van der Waals surface area (Å²) >= 11 is 3.56. The van der Waals surface area contributed by atoms with E-state index in [4.69, 9.17) is 14.5 Å². The van der Waals surface area contributed by atoms with E-state index in [0.717, 1.165) is 28.2 Å².